The Labute approximate surface area is 321 Å². The number of pyridine rings is 2. The van der Waals surface area contributed by atoms with E-state index in [2.05, 4.69) is 19.9 Å². The number of rotatable bonds is 10. The third kappa shape index (κ3) is 10.0. The van der Waals surface area contributed by atoms with E-state index in [1.165, 1.54) is 9.80 Å². The van der Waals surface area contributed by atoms with Crippen molar-refractivity contribution in [1.29, 1.82) is 0 Å². The average Bonchev–Trinajstić information content (AvgIpc) is 3.75. The van der Waals surface area contributed by atoms with E-state index < -0.39 is 20.0 Å². The first kappa shape index (κ1) is 40.0. The third-order valence-electron chi connectivity index (χ3n) is 7.86. The van der Waals surface area contributed by atoms with Crippen molar-refractivity contribution in [1.82, 2.24) is 19.9 Å². The number of hydrogen-bond acceptors (Lipinski definition) is 12. The van der Waals surface area contributed by atoms with Crippen molar-refractivity contribution in [2.75, 3.05) is 23.9 Å². The van der Waals surface area contributed by atoms with Crippen LogP contribution >= 0.6 is 22.7 Å². The van der Waals surface area contributed by atoms with Gasteiger partial charge in [-0.2, -0.15) is 0 Å². The summed E-state index contributed by atoms with van der Waals surface area (Å²) in [6, 6.07) is 26.5. The minimum atomic E-state index is -3.85. The van der Waals surface area contributed by atoms with Gasteiger partial charge in [-0.1, -0.05) is 83.3 Å². The van der Waals surface area contributed by atoms with Crippen molar-refractivity contribution in [2.24, 2.45) is 10.3 Å². The molecule has 0 radical (unpaired) electrons. The lowest BCUT2D eigenvalue weighted by atomic mass is 10.1. The standard InChI is InChI=1S/2C18H18N4O3S2/c2*1-12-17(27(19,24)25)26-18(21-12)22(2)16(23)11-13-6-8-14(9-7-13)15-5-3-4-10-20-15/h2*3-10H,11H2,1-2H3,(H2,19,24,25). The van der Waals surface area contributed by atoms with E-state index in [1.807, 2.05) is 84.9 Å². The van der Waals surface area contributed by atoms with Crippen LogP contribution in [0, 0.1) is 13.8 Å². The zero-order valence-electron chi connectivity index (χ0n) is 29.6. The summed E-state index contributed by atoms with van der Waals surface area (Å²) in [6.45, 7) is 3.10. The van der Waals surface area contributed by atoms with Gasteiger partial charge in [0.05, 0.1) is 35.6 Å². The lowest BCUT2D eigenvalue weighted by Gasteiger charge is -2.13. The highest BCUT2D eigenvalue weighted by atomic mass is 32.3. The molecule has 0 saturated carbocycles. The number of primary sulfonamides is 2. The summed E-state index contributed by atoms with van der Waals surface area (Å²) in [5.74, 6) is -0.398. The molecule has 4 N–H and O–H groups in total. The lowest BCUT2D eigenvalue weighted by molar-refractivity contribution is -0.118. The van der Waals surface area contributed by atoms with Crippen LogP contribution in [0.4, 0.5) is 10.3 Å². The number of nitrogens with zero attached hydrogens (tertiary/aromatic N) is 6. The molecule has 18 heteroatoms. The Morgan fingerprint density at radius 1 is 0.593 bits per heavy atom. The van der Waals surface area contributed by atoms with Gasteiger partial charge in [0.2, 0.25) is 31.9 Å². The number of carbonyl (C=O) groups excluding carboxylic acids is 2. The van der Waals surface area contributed by atoms with Crippen LogP contribution in [0.2, 0.25) is 0 Å². The topological polar surface area (TPSA) is 212 Å². The second kappa shape index (κ2) is 16.8. The first-order chi connectivity index (χ1) is 25.5. The molecule has 0 spiro atoms. The average molecular weight is 805 g/mol. The summed E-state index contributed by atoms with van der Waals surface area (Å²) >= 11 is 1.77. The van der Waals surface area contributed by atoms with Gasteiger partial charge >= 0.3 is 0 Å². The number of nitrogens with two attached hydrogens (primary N) is 2. The maximum atomic E-state index is 12.5. The van der Waals surface area contributed by atoms with E-state index >= 15 is 0 Å². The van der Waals surface area contributed by atoms with Gasteiger partial charge in [-0.25, -0.2) is 37.1 Å². The highest BCUT2D eigenvalue weighted by Crippen LogP contribution is 2.30. The number of anilines is 2. The molecule has 0 aliphatic carbocycles. The molecule has 0 atom stereocenters. The normalized spacial score (nSPS) is 11.4. The molecule has 14 nitrogen and oxygen atoms in total. The SMILES string of the molecule is Cc1nc(N(C)C(=O)Cc2ccc(-c3ccccn3)cc2)sc1S(N)(=O)=O.Cc1nc(N(C)C(=O)Cc2ccc(-c3ccccn3)cc2)sc1S(N)(=O)=O. The van der Waals surface area contributed by atoms with E-state index in [1.54, 1.807) is 40.3 Å². The Bertz CT molecular complexity index is 2300. The minimum absolute atomic E-state index is 0.0307. The van der Waals surface area contributed by atoms with Gasteiger partial charge in [0.1, 0.15) is 0 Å². The Balaban J connectivity index is 0.000000208. The number of thiazole rings is 2. The highest BCUT2D eigenvalue weighted by Gasteiger charge is 2.23. The molecule has 6 rings (SSSR count). The second-order valence-electron chi connectivity index (χ2n) is 11.9. The van der Waals surface area contributed by atoms with Crippen LogP contribution in [0.1, 0.15) is 22.5 Å². The number of carbonyl (C=O) groups is 2. The number of hydrogen-bond donors (Lipinski definition) is 2. The van der Waals surface area contributed by atoms with Crippen molar-refractivity contribution in [3.05, 3.63) is 120 Å². The summed E-state index contributed by atoms with van der Waals surface area (Å²) in [6.07, 6.45) is 3.80. The van der Waals surface area contributed by atoms with E-state index in [0.717, 1.165) is 56.3 Å². The smallest absolute Gasteiger partial charge is 0.249 e. The van der Waals surface area contributed by atoms with Crippen LogP contribution in [-0.4, -0.2) is 62.7 Å². The van der Waals surface area contributed by atoms with E-state index in [-0.39, 0.29) is 44.5 Å². The van der Waals surface area contributed by atoms with Gasteiger partial charge in [0.25, 0.3) is 0 Å². The molecule has 54 heavy (non-hydrogen) atoms. The first-order valence-electron chi connectivity index (χ1n) is 16.1. The number of benzene rings is 2. The zero-order chi connectivity index (χ0) is 39.2. The fraction of sp³-hybridized carbons (Fsp3) is 0.167. The number of amides is 2. The molecule has 4 heterocycles. The van der Waals surface area contributed by atoms with E-state index in [0.29, 0.717) is 10.3 Å². The molecule has 2 aromatic carbocycles. The molecule has 0 saturated heterocycles. The molecule has 0 fully saturated rings. The monoisotopic (exact) mass is 804 g/mol. The fourth-order valence-corrected chi connectivity index (χ4v) is 8.86. The molecular formula is C36H36N8O6S4. The maximum Gasteiger partial charge on any atom is 0.249 e. The van der Waals surface area contributed by atoms with Crippen LogP contribution in [0.5, 0.6) is 0 Å². The van der Waals surface area contributed by atoms with Gasteiger partial charge < -0.3 is 0 Å². The van der Waals surface area contributed by atoms with Gasteiger partial charge in [-0.15, -0.1) is 0 Å². The maximum absolute atomic E-state index is 12.5. The summed E-state index contributed by atoms with van der Waals surface area (Å²) in [5, 5.41) is 10.9. The van der Waals surface area contributed by atoms with Gasteiger partial charge in [-0.3, -0.25) is 29.4 Å². The summed E-state index contributed by atoms with van der Waals surface area (Å²) in [4.78, 5) is 44.7. The molecule has 2 amide bonds. The van der Waals surface area contributed by atoms with Gasteiger partial charge in [0, 0.05) is 37.6 Å². The number of sulfonamides is 2. The molecule has 6 aromatic rings. The molecular weight excluding hydrogens is 769 g/mol. The predicted octanol–water partition coefficient (Wildman–Crippen LogP) is 4.73. The fourth-order valence-electron chi connectivity index (χ4n) is 5.01. The van der Waals surface area contributed by atoms with E-state index in [9.17, 15) is 26.4 Å². The quantitative estimate of drug-likeness (QED) is 0.194. The molecule has 0 bridgehead atoms. The largest absolute Gasteiger partial charge is 0.291 e. The van der Waals surface area contributed by atoms with E-state index in [4.69, 9.17) is 10.3 Å². The van der Waals surface area contributed by atoms with Gasteiger partial charge in [0.15, 0.2) is 18.7 Å². The van der Waals surface area contributed by atoms with Crippen LogP contribution in [-0.2, 0) is 42.5 Å². The van der Waals surface area contributed by atoms with Gasteiger partial charge in [-0.05, 0) is 49.2 Å². The number of likely N-dealkylation sites (N-methyl/N-ethyl adjacent to an activating group) is 2. The van der Waals surface area contributed by atoms with Crippen LogP contribution in [0.3, 0.4) is 0 Å². The molecule has 0 unspecified atom stereocenters. The Morgan fingerprint density at radius 2 is 0.944 bits per heavy atom. The Kier molecular flexibility index (Phi) is 12.5. The van der Waals surface area contributed by atoms with Crippen LogP contribution < -0.4 is 20.1 Å². The number of aromatic nitrogens is 4. The number of aryl methyl sites for hydroxylation is 2. The van der Waals surface area contributed by atoms with Crippen molar-refractivity contribution in [2.45, 2.75) is 35.1 Å². The summed E-state index contributed by atoms with van der Waals surface area (Å²) in [7, 11) is -4.57. The van der Waals surface area contributed by atoms with Crippen molar-refractivity contribution < 1.29 is 26.4 Å². The highest BCUT2D eigenvalue weighted by molar-refractivity contribution is 7.91. The predicted molar refractivity (Wildman–Crippen MR) is 210 cm³/mol. The Morgan fingerprint density at radius 3 is 1.22 bits per heavy atom. The first-order valence-corrected chi connectivity index (χ1v) is 20.8. The minimum Gasteiger partial charge on any atom is -0.291 e. The molecule has 0 aliphatic rings. The second-order valence-corrected chi connectivity index (χ2v) is 17.4. The molecule has 4 aromatic heterocycles. The van der Waals surface area contributed by atoms with Crippen LogP contribution in [0.15, 0.2) is 106 Å². The van der Waals surface area contributed by atoms with Crippen molar-refractivity contribution in [3.63, 3.8) is 0 Å². The van der Waals surface area contributed by atoms with Crippen molar-refractivity contribution >= 4 is 64.8 Å². The van der Waals surface area contributed by atoms with Crippen molar-refractivity contribution in [3.8, 4) is 22.5 Å². The molecule has 280 valence electrons. The zero-order valence-corrected chi connectivity index (χ0v) is 32.8. The summed E-state index contributed by atoms with van der Waals surface area (Å²) in [5.41, 5.74) is 5.91. The summed E-state index contributed by atoms with van der Waals surface area (Å²) < 4.78 is 46.1. The third-order valence-corrected chi connectivity index (χ3v) is 13.4. The van der Waals surface area contributed by atoms with Crippen LogP contribution in [0.25, 0.3) is 22.5 Å². The molecule has 0 aliphatic heterocycles. The Hall–Kier alpha value is -5.24. The lowest BCUT2D eigenvalue weighted by Crippen LogP contribution is -2.27.